The van der Waals surface area contributed by atoms with Crippen LogP contribution in [0.25, 0.3) is 0 Å². The topological polar surface area (TPSA) is 78.8 Å². The van der Waals surface area contributed by atoms with Crippen molar-refractivity contribution in [3.8, 4) is 0 Å². The van der Waals surface area contributed by atoms with E-state index >= 15 is 0 Å². The number of hydrogen-bond donors (Lipinski definition) is 1. The summed E-state index contributed by atoms with van der Waals surface area (Å²) in [6.45, 7) is 4.02. The van der Waals surface area contributed by atoms with E-state index in [1.165, 1.54) is 18.7 Å². The number of anilines is 1. The molecule has 0 aliphatic carbocycles. The minimum Gasteiger partial charge on any atom is -0.326 e. The number of nitrogens with one attached hydrogen (secondary N) is 1. The van der Waals surface area contributed by atoms with Crippen LogP contribution in [0, 0.1) is 0 Å². The van der Waals surface area contributed by atoms with Gasteiger partial charge in [-0.2, -0.15) is 0 Å². The molecule has 0 aromatic heterocycles. The van der Waals surface area contributed by atoms with Crippen LogP contribution in [0.2, 0.25) is 5.02 Å². The Kier molecular flexibility index (Phi) is 7.29. The predicted molar refractivity (Wildman–Crippen MR) is 122 cm³/mol. The molecule has 0 bridgehead atoms. The first-order chi connectivity index (χ1) is 14.4. The van der Waals surface area contributed by atoms with E-state index in [9.17, 15) is 14.4 Å². The third-order valence-electron chi connectivity index (χ3n) is 4.46. The number of ketones is 1. The van der Waals surface area contributed by atoms with Gasteiger partial charge >= 0.3 is 0 Å². The normalized spacial score (nSPS) is 17.4. The van der Waals surface area contributed by atoms with Gasteiger partial charge in [0, 0.05) is 29.2 Å². The summed E-state index contributed by atoms with van der Waals surface area (Å²) in [7, 11) is 0. The molecule has 1 fully saturated rings. The number of amidine groups is 1. The van der Waals surface area contributed by atoms with Crippen LogP contribution in [0.3, 0.4) is 0 Å². The Morgan fingerprint density at radius 1 is 1.13 bits per heavy atom. The predicted octanol–water partition coefficient (Wildman–Crippen LogP) is 4.91. The fourth-order valence-electron chi connectivity index (χ4n) is 2.95. The molecule has 1 N–H and O–H groups in total. The smallest absolute Gasteiger partial charge is 0.242 e. The van der Waals surface area contributed by atoms with E-state index in [2.05, 4.69) is 10.3 Å². The number of hydrogen-bond acceptors (Lipinski definition) is 5. The van der Waals surface area contributed by atoms with Crippen LogP contribution in [-0.4, -0.2) is 39.5 Å². The van der Waals surface area contributed by atoms with E-state index in [4.69, 9.17) is 11.6 Å². The number of amides is 2. The molecule has 2 aromatic carbocycles. The lowest BCUT2D eigenvalue weighted by Crippen LogP contribution is -2.34. The molecule has 0 spiro atoms. The number of rotatable bonds is 7. The van der Waals surface area contributed by atoms with Crippen molar-refractivity contribution in [1.82, 2.24) is 4.90 Å². The number of nitrogens with zero attached hydrogens (tertiary/aromatic N) is 2. The van der Waals surface area contributed by atoms with Crippen LogP contribution >= 0.6 is 23.4 Å². The van der Waals surface area contributed by atoms with E-state index in [0.717, 1.165) is 6.42 Å². The molecule has 1 atom stereocenters. The number of Topliss-reactive ketones (excluding diaryl/α,β-unsaturated/α-hetero) is 1. The van der Waals surface area contributed by atoms with E-state index in [0.29, 0.717) is 33.7 Å². The lowest BCUT2D eigenvalue weighted by Gasteiger charge is -2.15. The summed E-state index contributed by atoms with van der Waals surface area (Å²) in [6.07, 6.45) is 0.825. The van der Waals surface area contributed by atoms with Gasteiger partial charge in [-0.25, -0.2) is 4.99 Å². The van der Waals surface area contributed by atoms with Crippen molar-refractivity contribution >= 4 is 57.5 Å². The number of halogens is 1. The Labute approximate surface area is 184 Å². The summed E-state index contributed by atoms with van der Waals surface area (Å²) < 4.78 is 0. The van der Waals surface area contributed by atoms with E-state index < -0.39 is 5.25 Å². The highest BCUT2D eigenvalue weighted by Gasteiger charge is 2.38. The molecule has 6 nitrogen and oxygen atoms in total. The standard InChI is InChI=1S/C22H22ClN3O3S/c1-3-12-26-21(29)19(30-22(26)25-18-10-6-16(23)7-11-18)13-20(28)24-17-8-4-15(5-9-17)14(2)27/h4-11,19H,3,12-13H2,1-2H3,(H,24,28)/t19-/m0/s1. The first-order valence-corrected chi connectivity index (χ1v) is 10.9. The summed E-state index contributed by atoms with van der Waals surface area (Å²) in [5.74, 6) is -0.415. The van der Waals surface area contributed by atoms with Gasteiger partial charge in [0.15, 0.2) is 11.0 Å². The highest BCUT2D eigenvalue weighted by atomic mass is 35.5. The summed E-state index contributed by atoms with van der Waals surface area (Å²) in [6, 6.07) is 13.7. The van der Waals surface area contributed by atoms with Gasteiger partial charge in [-0.3, -0.25) is 19.3 Å². The third-order valence-corrected chi connectivity index (χ3v) is 5.89. The number of aliphatic imine (C=N–C) groups is 1. The third kappa shape index (κ3) is 5.49. The van der Waals surface area contributed by atoms with Crippen molar-refractivity contribution in [3.63, 3.8) is 0 Å². The SMILES string of the molecule is CCCN1C(=O)[C@H](CC(=O)Nc2ccc(C(C)=O)cc2)SC1=Nc1ccc(Cl)cc1. The zero-order valence-corrected chi connectivity index (χ0v) is 18.3. The summed E-state index contributed by atoms with van der Waals surface area (Å²) in [5, 5.41) is 3.46. The van der Waals surface area contributed by atoms with Gasteiger partial charge in [0.25, 0.3) is 0 Å². The van der Waals surface area contributed by atoms with Crippen molar-refractivity contribution in [1.29, 1.82) is 0 Å². The molecular weight excluding hydrogens is 422 g/mol. The quantitative estimate of drug-likeness (QED) is 0.616. The Hall–Kier alpha value is -2.64. The second-order valence-corrected chi connectivity index (χ2v) is 8.46. The minimum atomic E-state index is -0.529. The zero-order valence-electron chi connectivity index (χ0n) is 16.7. The molecule has 0 unspecified atom stereocenters. The minimum absolute atomic E-state index is 0.0376. The van der Waals surface area contributed by atoms with Crippen LogP contribution in [0.15, 0.2) is 53.5 Å². The number of benzene rings is 2. The van der Waals surface area contributed by atoms with Crippen molar-refractivity contribution in [3.05, 3.63) is 59.1 Å². The molecule has 2 amide bonds. The lowest BCUT2D eigenvalue weighted by molar-refractivity contribution is -0.128. The van der Waals surface area contributed by atoms with Gasteiger partial charge in [-0.1, -0.05) is 30.3 Å². The van der Waals surface area contributed by atoms with Crippen molar-refractivity contribution in [2.24, 2.45) is 4.99 Å². The van der Waals surface area contributed by atoms with E-state index in [1.54, 1.807) is 53.4 Å². The molecule has 1 heterocycles. The second kappa shape index (κ2) is 9.91. The van der Waals surface area contributed by atoms with Crippen LogP contribution in [-0.2, 0) is 9.59 Å². The molecule has 2 aromatic rings. The molecule has 30 heavy (non-hydrogen) atoms. The average molecular weight is 444 g/mol. The molecule has 0 radical (unpaired) electrons. The lowest BCUT2D eigenvalue weighted by atomic mass is 10.1. The number of carbonyl (C=O) groups is 3. The van der Waals surface area contributed by atoms with Crippen LogP contribution < -0.4 is 5.32 Å². The van der Waals surface area contributed by atoms with Crippen molar-refractivity contribution in [2.45, 2.75) is 31.9 Å². The van der Waals surface area contributed by atoms with Crippen LogP contribution in [0.5, 0.6) is 0 Å². The monoisotopic (exact) mass is 443 g/mol. The Morgan fingerprint density at radius 3 is 2.40 bits per heavy atom. The molecule has 8 heteroatoms. The summed E-state index contributed by atoms with van der Waals surface area (Å²) >= 11 is 7.22. The first-order valence-electron chi connectivity index (χ1n) is 9.60. The van der Waals surface area contributed by atoms with Crippen LogP contribution in [0.1, 0.15) is 37.0 Å². The number of carbonyl (C=O) groups excluding carboxylic acids is 3. The van der Waals surface area contributed by atoms with Gasteiger partial charge in [-0.15, -0.1) is 0 Å². The highest BCUT2D eigenvalue weighted by Crippen LogP contribution is 2.32. The Balaban J connectivity index is 1.69. The molecule has 156 valence electrons. The summed E-state index contributed by atoms with van der Waals surface area (Å²) in [4.78, 5) is 42.9. The highest BCUT2D eigenvalue weighted by molar-refractivity contribution is 8.15. The largest absolute Gasteiger partial charge is 0.326 e. The first kappa shape index (κ1) is 22.1. The average Bonchev–Trinajstić information content (AvgIpc) is 2.99. The van der Waals surface area contributed by atoms with Gasteiger partial charge in [0.05, 0.1) is 5.69 Å². The fourth-order valence-corrected chi connectivity index (χ4v) is 4.26. The second-order valence-electron chi connectivity index (χ2n) is 6.85. The van der Waals surface area contributed by atoms with Gasteiger partial charge in [-0.05, 0) is 61.9 Å². The maximum atomic E-state index is 12.8. The molecule has 1 saturated heterocycles. The van der Waals surface area contributed by atoms with Gasteiger partial charge in [0.2, 0.25) is 11.8 Å². The summed E-state index contributed by atoms with van der Waals surface area (Å²) in [5.41, 5.74) is 1.86. The number of thioether (sulfide) groups is 1. The Morgan fingerprint density at radius 2 is 1.80 bits per heavy atom. The molecule has 0 saturated carbocycles. The molecule has 3 rings (SSSR count). The zero-order chi connectivity index (χ0) is 21.7. The maximum absolute atomic E-state index is 12.8. The van der Waals surface area contributed by atoms with E-state index in [1.807, 2.05) is 6.92 Å². The van der Waals surface area contributed by atoms with Crippen molar-refractivity contribution < 1.29 is 14.4 Å². The van der Waals surface area contributed by atoms with Gasteiger partial charge < -0.3 is 5.32 Å². The van der Waals surface area contributed by atoms with E-state index in [-0.39, 0.29) is 24.0 Å². The Bertz CT molecular complexity index is 974. The van der Waals surface area contributed by atoms with Gasteiger partial charge in [0.1, 0.15) is 5.25 Å². The van der Waals surface area contributed by atoms with Crippen molar-refractivity contribution in [2.75, 3.05) is 11.9 Å². The van der Waals surface area contributed by atoms with Crippen LogP contribution in [0.4, 0.5) is 11.4 Å². The molecule has 1 aliphatic rings. The molecule has 1 aliphatic heterocycles. The fraction of sp³-hybridized carbons (Fsp3) is 0.273. The molecular formula is C22H22ClN3O3S. The maximum Gasteiger partial charge on any atom is 0.242 e.